The summed E-state index contributed by atoms with van der Waals surface area (Å²) in [5, 5.41) is 0. The molecular weight excluding hydrogens is 312 g/mol. The summed E-state index contributed by atoms with van der Waals surface area (Å²) >= 11 is 0. The van der Waals surface area contributed by atoms with Crippen LogP contribution >= 0.6 is 0 Å². The van der Waals surface area contributed by atoms with E-state index in [-0.39, 0.29) is 0 Å². The molecule has 0 aromatic heterocycles. The zero-order valence-corrected chi connectivity index (χ0v) is 16.4. The lowest BCUT2D eigenvalue weighted by Crippen LogP contribution is -2.45. The van der Waals surface area contributed by atoms with Crippen LogP contribution in [0.4, 0.5) is 0 Å². The smallest absolute Gasteiger partial charge is 0.122 e. The van der Waals surface area contributed by atoms with E-state index < -0.39 is 0 Å². The van der Waals surface area contributed by atoms with Crippen molar-refractivity contribution in [1.82, 2.24) is 9.80 Å². The summed E-state index contributed by atoms with van der Waals surface area (Å²) in [6.45, 7) is 12.3. The van der Waals surface area contributed by atoms with Crippen molar-refractivity contribution in [2.24, 2.45) is 5.41 Å². The minimum Gasteiger partial charge on any atom is -0.496 e. The number of methoxy groups -OCH3 is 2. The molecule has 2 aliphatic rings. The number of nitrogens with zero attached hydrogens (tertiary/aromatic N) is 2. The van der Waals surface area contributed by atoms with Gasteiger partial charge in [0.15, 0.2) is 0 Å². The van der Waals surface area contributed by atoms with E-state index in [2.05, 4.69) is 35.8 Å². The van der Waals surface area contributed by atoms with Crippen molar-refractivity contribution >= 4 is 0 Å². The number of hydrogen-bond donors (Lipinski definition) is 0. The summed E-state index contributed by atoms with van der Waals surface area (Å²) in [5.41, 5.74) is 4.60. The molecule has 4 heteroatoms. The third-order valence-corrected chi connectivity index (χ3v) is 6.33. The van der Waals surface area contributed by atoms with Crippen LogP contribution in [0.5, 0.6) is 5.75 Å². The SMILES string of the molecule is COCCN1CCCC2(CCN(Cc3ccc(OC)c(C)c3C)C2)C1. The molecule has 0 saturated carbocycles. The second-order valence-electron chi connectivity index (χ2n) is 8.01. The lowest BCUT2D eigenvalue weighted by atomic mass is 9.79. The lowest BCUT2D eigenvalue weighted by molar-refractivity contribution is 0.0673. The molecule has 2 fully saturated rings. The fourth-order valence-corrected chi connectivity index (χ4v) is 4.70. The standard InChI is InChI=1S/C21H34N2O2/c1-17-18(2)20(25-4)7-6-19(17)14-23-11-9-21(16-23)8-5-10-22(15-21)12-13-24-3/h6-7H,5,8-16H2,1-4H3. The maximum atomic E-state index is 5.46. The molecule has 1 aromatic carbocycles. The molecule has 0 radical (unpaired) electrons. The third-order valence-electron chi connectivity index (χ3n) is 6.33. The van der Waals surface area contributed by atoms with Crippen LogP contribution in [-0.4, -0.2) is 63.4 Å². The van der Waals surface area contributed by atoms with Crippen molar-refractivity contribution < 1.29 is 9.47 Å². The lowest BCUT2D eigenvalue weighted by Gasteiger charge is -2.40. The van der Waals surface area contributed by atoms with Gasteiger partial charge in [-0.3, -0.25) is 4.90 Å². The van der Waals surface area contributed by atoms with Crippen LogP contribution in [0.15, 0.2) is 12.1 Å². The van der Waals surface area contributed by atoms with E-state index in [0.29, 0.717) is 5.41 Å². The summed E-state index contributed by atoms with van der Waals surface area (Å²) in [5.74, 6) is 1.00. The van der Waals surface area contributed by atoms with Gasteiger partial charge in [-0.15, -0.1) is 0 Å². The van der Waals surface area contributed by atoms with E-state index in [9.17, 15) is 0 Å². The van der Waals surface area contributed by atoms with Crippen LogP contribution in [0.25, 0.3) is 0 Å². The van der Waals surface area contributed by atoms with Crippen molar-refractivity contribution in [3.63, 3.8) is 0 Å². The fraction of sp³-hybridized carbons (Fsp3) is 0.714. The molecule has 2 saturated heterocycles. The molecular formula is C21H34N2O2. The molecule has 3 rings (SSSR count). The van der Waals surface area contributed by atoms with Gasteiger partial charge in [-0.05, 0) is 74.4 Å². The Hall–Kier alpha value is -1.10. The zero-order valence-electron chi connectivity index (χ0n) is 16.4. The Morgan fingerprint density at radius 2 is 1.80 bits per heavy atom. The molecule has 1 atom stereocenters. The van der Waals surface area contributed by atoms with Gasteiger partial charge in [-0.2, -0.15) is 0 Å². The Morgan fingerprint density at radius 3 is 2.56 bits per heavy atom. The Kier molecular flexibility index (Phi) is 6.03. The molecule has 25 heavy (non-hydrogen) atoms. The van der Waals surface area contributed by atoms with E-state index in [0.717, 1.165) is 25.4 Å². The van der Waals surface area contributed by atoms with Gasteiger partial charge in [0.05, 0.1) is 13.7 Å². The largest absolute Gasteiger partial charge is 0.496 e. The topological polar surface area (TPSA) is 24.9 Å². The van der Waals surface area contributed by atoms with Crippen molar-refractivity contribution in [3.05, 3.63) is 28.8 Å². The normalized spacial score (nSPS) is 25.0. The average molecular weight is 347 g/mol. The predicted molar refractivity (Wildman–Crippen MR) is 102 cm³/mol. The van der Waals surface area contributed by atoms with Gasteiger partial charge in [0.1, 0.15) is 5.75 Å². The third kappa shape index (κ3) is 4.18. The molecule has 140 valence electrons. The first kappa shape index (κ1) is 18.7. The Labute approximate surface area is 153 Å². The van der Waals surface area contributed by atoms with Crippen molar-refractivity contribution in [3.8, 4) is 5.75 Å². The van der Waals surface area contributed by atoms with Gasteiger partial charge >= 0.3 is 0 Å². The number of ether oxygens (including phenoxy) is 2. The van der Waals surface area contributed by atoms with Crippen LogP contribution in [0.3, 0.4) is 0 Å². The Balaban J connectivity index is 1.62. The van der Waals surface area contributed by atoms with Gasteiger partial charge in [-0.1, -0.05) is 6.07 Å². The highest BCUT2D eigenvalue weighted by atomic mass is 16.5. The monoisotopic (exact) mass is 346 g/mol. The van der Waals surface area contributed by atoms with Crippen LogP contribution in [-0.2, 0) is 11.3 Å². The molecule has 1 unspecified atom stereocenters. The summed E-state index contributed by atoms with van der Waals surface area (Å²) in [6, 6.07) is 4.37. The van der Waals surface area contributed by atoms with Crippen LogP contribution < -0.4 is 4.74 Å². The van der Waals surface area contributed by atoms with Crippen molar-refractivity contribution in [2.75, 3.05) is 53.6 Å². The molecule has 2 heterocycles. The first-order chi connectivity index (χ1) is 12.1. The molecule has 1 spiro atoms. The zero-order chi connectivity index (χ0) is 17.9. The highest BCUT2D eigenvalue weighted by molar-refractivity contribution is 5.43. The van der Waals surface area contributed by atoms with Crippen molar-refractivity contribution in [1.29, 1.82) is 0 Å². The first-order valence-corrected chi connectivity index (χ1v) is 9.64. The quantitative estimate of drug-likeness (QED) is 0.789. The molecule has 0 N–H and O–H groups in total. The van der Waals surface area contributed by atoms with E-state index in [1.807, 2.05) is 0 Å². The molecule has 2 aliphatic heterocycles. The number of benzene rings is 1. The van der Waals surface area contributed by atoms with E-state index in [1.54, 1.807) is 14.2 Å². The van der Waals surface area contributed by atoms with Gasteiger partial charge in [0, 0.05) is 33.3 Å². The van der Waals surface area contributed by atoms with E-state index >= 15 is 0 Å². The van der Waals surface area contributed by atoms with Crippen molar-refractivity contribution in [2.45, 2.75) is 39.7 Å². The highest BCUT2D eigenvalue weighted by Crippen LogP contribution is 2.39. The minimum atomic E-state index is 0.501. The second kappa shape index (κ2) is 8.07. The van der Waals surface area contributed by atoms with E-state index in [4.69, 9.17) is 9.47 Å². The number of rotatable bonds is 6. The fourth-order valence-electron chi connectivity index (χ4n) is 4.70. The van der Waals surface area contributed by atoms with Crippen LogP contribution in [0.2, 0.25) is 0 Å². The number of hydrogen-bond acceptors (Lipinski definition) is 4. The maximum Gasteiger partial charge on any atom is 0.122 e. The Bertz CT molecular complexity index is 590. The second-order valence-corrected chi connectivity index (χ2v) is 8.01. The maximum absolute atomic E-state index is 5.46. The molecule has 1 aromatic rings. The van der Waals surface area contributed by atoms with Gasteiger partial charge in [0.25, 0.3) is 0 Å². The molecule has 0 aliphatic carbocycles. The molecule has 0 amide bonds. The predicted octanol–water partition coefficient (Wildman–Crippen LogP) is 3.25. The summed E-state index contributed by atoms with van der Waals surface area (Å²) in [7, 11) is 3.56. The van der Waals surface area contributed by atoms with Gasteiger partial charge < -0.3 is 14.4 Å². The average Bonchev–Trinajstić information content (AvgIpc) is 2.99. The Morgan fingerprint density at radius 1 is 1.00 bits per heavy atom. The van der Waals surface area contributed by atoms with Gasteiger partial charge in [0.2, 0.25) is 0 Å². The summed E-state index contributed by atoms with van der Waals surface area (Å²) < 4.78 is 10.7. The molecule has 0 bridgehead atoms. The first-order valence-electron chi connectivity index (χ1n) is 9.64. The molecule has 4 nitrogen and oxygen atoms in total. The van der Waals surface area contributed by atoms with Crippen LogP contribution in [0, 0.1) is 19.3 Å². The summed E-state index contributed by atoms with van der Waals surface area (Å²) in [6.07, 6.45) is 4.05. The van der Waals surface area contributed by atoms with Gasteiger partial charge in [-0.25, -0.2) is 0 Å². The number of likely N-dealkylation sites (tertiary alicyclic amines) is 2. The summed E-state index contributed by atoms with van der Waals surface area (Å²) in [4.78, 5) is 5.27. The van der Waals surface area contributed by atoms with Crippen LogP contribution in [0.1, 0.15) is 36.0 Å². The van der Waals surface area contributed by atoms with E-state index in [1.165, 1.54) is 62.1 Å². The minimum absolute atomic E-state index is 0.501. The number of piperidine rings is 1. The highest BCUT2D eigenvalue weighted by Gasteiger charge is 2.41.